The fourth-order valence-corrected chi connectivity index (χ4v) is 4.18. The van der Waals surface area contributed by atoms with Gasteiger partial charge in [0.15, 0.2) is 0 Å². The average molecular weight is 502 g/mol. The van der Waals surface area contributed by atoms with Crippen molar-refractivity contribution in [2.24, 2.45) is 11.8 Å². The molecule has 0 aliphatic carbocycles. The van der Waals surface area contributed by atoms with E-state index in [0.717, 1.165) is 22.3 Å². The van der Waals surface area contributed by atoms with Crippen molar-refractivity contribution in [3.8, 4) is 11.1 Å². The zero-order valence-electron chi connectivity index (χ0n) is 21.5. The highest BCUT2D eigenvalue weighted by atomic mass is 16.5. The monoisotopic (exact) mass is 501 g/mol. The smallest absolute Gasteiger partial charge is 0.247 e. The number of benzene rings is 3. The van der Waals surface area contributed by atoms with Crippen LogP contribution in [0.1, 0.15) is 49.4 Å². The number of rotatable bonds is 11. The predicted octanol–water partition coefficient (Wildman–Crippen LogP) is 4.69. The van der Waals surface area contributed by atoms with Crippen molar-refractivity contribution in [3.63, 3.8) is 0 Å². The molecule has 0 aliphatic rings. The molecule has 0 saturated heterocycles. The maximum Gasteiger partial charge on any atom is 0.247 e. The first-order chi connectivity index (χ1) is 17.8. The highest BCUT2D eigenvalue weighted by molar-refractivity contribution is 5.91. The van der Waals surface area contributed by atoms with Gasteiger partial charge < -0.3 is 10.6 Å². The van der Waals surface area contributed by atoms with Gasteiger partial charge in [-0.2, -0.15) is 0 Å². The number of carbonyl (C=O) groups is 3. The molecule has 3 amide bonds. The van der Waals surface area contributed by atoms with E-state index in [4.69, 9.17) is 5.21 Å². The van der Waals surface area contributed by atoms with Crippen LogP contribution in [0.25, 0.3) is 11.1 Å². The minimum Gasteiger partial charge on any atom is -0.350 e. The van der Waals surface area contributed by atoms with Crippen LogP contribution in [0.5, 0.6) is 0 Å². The molecule has 3 aromatic rings. The Balaban J connectivity index is 1.84. The lowest BCUT2D eigenvalue weighted by Gasteiger charge is -2.23. The Morgan fingerprint density at radius 2 is 1.43 bits per heavy atom. The molecule has 0 bridgehead atoms. The number of hydroxylamine groups is 1. The number of nitrogens with one attached hydrogen (secondary N) is 3. The summed E-state index contributed by atoms with van der Waals surface area (Å²) in [4.78, 5) is 38.5. The molecule has 0 saturated carbocycles. The Hall–Kier alpha value is -3.97. The number of hydrogen-bond acceptors (Lipinski definition) is 4. The van der Waals surface area contributed by atoms with Gasteiger partial charge in [0, 0.05) is 18.9 Å². The van der Waals surface area contributed by atoms with Crippen LogP contribution < -0.4 is 16.1 Å². The Labute approximate surface area is 218 Å². The van der Waals surface area contributed by atoms with Gasteiger partial charge in [0.2, 0.25) is 17.7 Å². The van der Waals surface area contributed by atoms with Crippen molar-refractivity contribution in [2.75, 3.05) is 0 Å². The van der Waals surface area contributed by atoms with Crippen LogP contribution >= 0.6 is 0 Å². The van der Waals surface area contributed by atoms with E-state index in [9.17, 15) is 14.4 Å². The highest BCUT2D eigenvalue weighted by Crippen LogP contribution is 2.24. The summed E-state index contributed by atoms with van der Waals surface area (Å²) in [7, 11) is 0. The topological polar surface area (TPSA) is 108 Å². The summed E-state index contributed by atoms with van der Waals surface area (Å²) in [6, 6.07) is 24.3. The normalized spacial score (nSPS) is 12.5. The van der Waals surface area contributed by atoms with Gasteiger partial charge in [-0.1, -0.05) is 98.3 Å². The number of amides is 3. The Morgan fingerprint density at radius 3 is 2.03 bits per heavy atom. The van der Waals surface area contributed by atoms with E-state index < -0.39 is 23.8 Å². The van der Waals surface area contributed by atoms with Crippen molar-refractivity contribution in [1.29, 1.82) is 0 Å². The fraction of sp³-hybridized carbons (Fsp3) is 0.300. The van der Waals surface area contributed by atoms with Gasteiger partial charge in [0.1, 0.15) is 6.04 Å². The minimum atomic E-state index is -0.949. The van der Waals surface area contributed by atoms with Crippen molar-refractivity contribution < 1.29 is 19.6 Å². The Bertz CT molecular complexity index is 1180. The first-order valence-corrected chi connectivity index (χ1v) is 12.5. The molecule has 0 aromatic heterocycles. The van der Waals surface area contributed by atoms with Crippen LogP contribution in [-0.2, 0) is 20.9 Å². The summed E-state index contributed by atoms with van der Waals surface area (Å²) in [6.45, 7) is 6.21. The molecule has 0 fully saturated rings. The fourth-order valence-electron chi connectivity index (χ4n) is 4.18. The van der Waals surface area contributed by atoms with E-state index in [1.807, 2.05) is 99.6 Å². The maximum absolute atomic E-state index is 13.4. The lowest BCUT2D eigenvalue weighted by molar-refractivity contribution is -0.136. The number of hydrogen-bond donors (Lipinski definition) is 4. The zero-order valence-corrected chi connectivity index (χ0v) is 21.5. The average Bonchev–Trinajstić information content (AvgIpc) is 2.91. The summed E-state index contributed by atoms with van der Waals surface area (Å²) in [5.74, 6) is -1.96. The van der Waals surface area contributed by atoms with Crippen LogP contribution in [0, 0.1) is 18.8 Å². The number of aryl methyl sites for hydroxylation is 1. The third-order valence-electron chi connectivity index (χ3n) is 6.17. The molecule has 2 atom stereocenters. The van der Waals surface area contributed by atoms with Crippen molar-refractivity contribution >= 4 is 17.7 Å². The SMILES string of the molecule is Cc1ccc(CNC(=O)C(NC(=O)[C@H](CC(=O)NO)CC(C)C)c2ccc(-c3ccccc3)cc2)cc1. The van der Waals surface area contributed by atoms with E-state index in [-0.39, 0.29) is 18.2 Å². The zero-order chi connectivity index (χ0) is 26.8. The molecule has 0 heterocycles. The molecule has 194 valence electrons. The second kappa shape index (κ2) is 13.4. The van der Waals surface area contributed by atoms with Crippen LogP contribution in [0.2, 0.25) is 0 Å². The van der Waals surface area contributed by atoms with Crippen LogP contribution in [0.15, 0.2) is 78.9 Å². The Kier molecular flexibility index (Phi) is 9.98. The van der Waals surface area contributed by atoms with Gasteiger partial charge >= 0.3 is 0 Å². The summed E-state index contributed by atoms with van der Waals surface area (Å²) in [5, 5.41) is 14.8. The summed E-state index contributed by atoms with van der Waals surface area (Å²) < 4.78 is 0. The van der Waals surface area contributed by atoms with Crippen molar-refractivity contribution in [1.82, 2.24) is 16.1 Å². The van der Waals surface area contributed by atoms with Crippen LogP contribution in [-0.4, -0.2) is 22.9 Å². The second-order valence-electron chi connectivity index (χ2n) is 9.70. The first-order valence-electron chi connectivity index (χ1n) is 12.5. The van der Waals surface area contributed by atoms with E-state index in [0.29, 0.717) is 18.5 Å². The second-order valence-corrected chi connectivity index (χ2v) is 9.70. The standard InChI is InChI=1S/C30H35N3O4/c1-20(2)17-26(18-27(34)33-37)29(35)32-28(30(36)31-19-22-11-9-21(3)10-12-22)25-15-13-24(14-16-25)23-7-5-4-6-8-23/h4-16,20,26,28,37H,17-19H2,1-3H3,(H,31,36)(H,32,35)(H,33,34)/t26-,28?/m0/s1. The molecule has 7 nitrogen and oxygen atoms in total. The van der Waals surface area contributed by atoms with Crippen LogP contribution in [0.3, 0.4) is 0 Å². The van der Waals surface area contributed by atoms with Crippen molar-refractivity contribution in [3.05, 3.63) is 95.6 Å². The Morgan fingerprint density at radius 1 is 0.811 bits per heavy atom. The molecule has 7 heteroatoms. The van der Waals surface area contributed by atoms with E-state index >= 15 is 0 Å². The van der Waals surface area contributed by atoms with Crippen molar-refractivity contribution in [2.45, 2.75) is 46.2 Å². The molecular weight excluding hydrogens is 466 g/mol. The van der Waals surface area contributed by atoms with Gasteiger partial charge in [-0.25, -0.2) is 5.48 Å². The van der Waals surface area contributed by atoms with Gasteiger partial charge in [0.05, 0.1) is 0 Å². The quantitative estimate of drug-likeness (QED) is 0.226. The largest absolute Gasteiger partial charge is 0.350 e. The predicted molar refractivity (Wildman–Crippen MR) is 143 cm³/mol. The molecule has 0 spiro atoms. The molecular formula is C30H35N3O4. The third kappa shape index (κ3) is 8.29. The lowest BCUT2D eigenvalue weighted by Crippen LogP contribution is -2.43. The van der Waals surface area contributed by atoms with Gasteiger partial charge in [-0.15, -0.1) is 0 Å². The summed E-state index contributed by atoms with van der Waals surface area (Å²) in [5.41, 5.74) is 6.34. The molecule has 4 N–H and O–H groups in total. The van der Waals surface area contributed by atoms with Gasteiger partial charge in [0.25, 0.3) is 0 Å². The van der Waals surface area contributed by atoms with E-state index in [1.165, 1.54) is 0 Å². The maximum atomic E-state index is 13.4. The highest BCUT2D eigenvalue weighted by Gasteiger charge is 2.29. The van der Waals surface area contributed by atoms with Crippen LogP contribution in [0.4, 0.5) is 0 Å². The summed E-state index contributed by atoms with van der Waals surface area (Å²) in [6.07, 6.45) is 0.259. The minimum absolute atomic E-state index is 0.140. The van der Waals surface area contributed by atoms with Gasteiger partial charge in [-0.3, -0.25) is 19.6 Å². The lowest BCUT2D eigenvalue weighted by atomic mass is 9.92. The van der Waals surface area contributed by atoms with Gasteiger partial charge in [-0.05, 0) is 41.5 Å². The summed E-state index contributed by atoms with van der Waals surface area (Å²) >= 11 is 0. The molecule has 37 heavy (non-hydrogen) atoms. The molecule has 3 rings (SSSR count). The third-order valence-corrected chi connectivity index (χ3v) is 6.17. The molecule has 0 aliphatic heterocycles. The van der Waals surface area contributed by atoms with E-state index in [2.05, 4.69) is 10.6 Å². The molecule has 1 unspecified atom stereocenters. The molecule has 0 radical (unpaired) electrons. The van der Waals surface area contributed by atoms with E-state index in [1.54, 1.807) is 5.48 Å². The first kappa shape index (κ1) is 27.6. The molecule has 3 aromatic carbocycles. The number of carbonyl (C=O) groups excluding carboxylic acids is 3.